The molecule has 7 heteroatoms. The summed E-state index contributed by atoms with van der Waals surface area (Å²) < 4.78 is 15.6. The lowest BCUT2D eigenvalue weighted by molar-refractivity contribution is -0.116. The van der Waals surface area contributed by atoms with Gasteiger partial charge in [-0.25, -0.2) is 4.79 Å². The maximum absolute atomic E-state index is 12.6. The number of anilines is 1. The van der Waals surface area contributed by atoms with Gasteiger partial charge in [0.2, 0.25) is 5.91 Å². The SMILES string of the molecule is Cc1ccc([S+]([O-])NCC(CC(=O)Nc2ccc(C(=O)O)cc2)c2ccccc2)cc1. The molecule has 0 aliphatic carbocycles. The van der Waals surface area contributed by atoms with E-state index in [9.17, 15) is 14.1 Å². The molecule has 0 heterocycles. The van der Waals surface area contributed by atoms with E-state index < -0.39 is 17.3 Å². The first-order valence-electron chi connectivity index (χ1n) is 9.82. The third-order valence-electron chi connectivity index (χ3n) is 4.81. The molecule has 6 nitrogen and oxygen atoms in total. The van der Waals surface area contributed by atoms with Gasteiger partial charge in [0.05, 0.1) is 16.9 Å². The number of carboxylic acids is 1. The van der Waals surface area contributed by atoms with Gasteiger partial charge in [-0.3, -0.25) is 4.79 Å². The fraction of sp³-hybridized carbons (Fsp3) is 0.167. The number of nitrogens with one attached hydrogen (secondary N) is 2. The number of aryl methyl sites for hydroxylation is 1. The Kier molecular flexibility index (Phi) is 7.83. The number of carboxylic acid groups (broad SMARTS) is 1. The van der Waals surface area contributed by atoms with Gasteiger partial charge < -0.3 is 15.0 Å². The van der Waals surface area contributed by atoms with Crippen LogP contribution in [0.5, 0.6) is 0 Å². The second kappa shape index (κ2) is 10.8. The second-order valence-electron chi connectivity index (χ2n) is 7.17. The molecule has 3 aromatic rings. The molecule has 1 amide bonds. The highest BCUT2D eigenvalue weighted by atomic mass is 32.2. The van der Waals surface area contributed by atoms with Gasteiger partial charge in [-0.1, -0.05) is 48.0 Å². The molecule has 0 aliphatic rings. The van der Waals surface area contributed by atoms with Crippen molar-refractivity contribution in [2.45, 2.75) is 24.2 Å². The van der Waals surface area contributed by atoms with Crippen molar-refractivity contribution in [2.24, 2.45) is 0 Å². The van der Waals surface area contributed by atoms with Crippen LogP contribution in [0.15, 0.2) is 83.8 Å². The lowest BCUT2D eigenvalue weighted by atomic mass is 9.95. The van der Waals surface area contributed by atoms with Crippen molar-refractivity contribution in [3.05, 3.63) is 95.6 Å². The van der Waals surface area contributed by atoms with E-state index in [4.69, 9.17) is 5.11 Å². The smallest absolute Gasteiger partial charge is 0.335 e. The lowest BCUT2D eigenvalue weighted by Crippen LogP contribution is -2.30. The van der Waals surface area contributed by atoms with Gasteiger partial charge in [0, 0.05) is 24.6 Å². The Morgan fingerprint density at radius 1 is 0.968 bits per heavy atom. The third kappa shape index (κ3) is 6.68. The quantitative estimate of drug-likeness (QED) is 0.438. The van der Waals surface area contributed by atoms with Crippen LogP contribution in [0.25, 0.3) is 0 Å². The summed E-state index contributed by atoms with van der Waals surface area (Å²) in [5.41, 5.74) is 2.74. The fourth-order valence-electron chi connectivity index (χ4n) is 3.09. The normalized spacial score (nSPS) is 12.7. The summed E-state index contributed by atoms with van der Waals surface area (Å²) in [6.07, 6.45) is 0.183. The minimum Gasteiger partial charge on any atom is -0.593 e. The van der Waals surface area contributed by atoms with Gasteiger partial charge in [-0.15, -0.1) is 4.72 Å². The van der Waals surface area contributed by atoms with Crippen molar-refractivity contribution in [1.29, 1.82) is 0 Å². The highest BCUT2D eigenvalue weighted by molar-refractivity contribution is 7.89. The summed E-state index contributed by atoms with van der Waals surface area (Å²) in [7, 11) is 0. The first-order chi connectivity index (χ1) is 14.9. The van der Waals surface area contributed by atoms with Gasteiger partial charge in [0.1, 0.15) is 0 Å². The molecule has 0 saturated carbocycles. The molecule has 0 aliphatic heterocycles. The van der Waals surface area contributed by atoms with Crippen molar-refractivity contribution in [3.8, 4) is 0 Å². The van der Waals surface area contributed by atoms with Crippen molar-refractivity contribution in [1.82, 2.24) is 4.72 Å². The van der Waals surface area contributed by atoms with Crippen molar-refractivity contribution in [2.75, 3.05) is 11.9 Å². The van der Waals surface area contributed by atoms with Crippen LogP contribution < -0.4 is 10.0 Å². The Morgan fingerprint density at radius 3 is 2.23 bits per heavy atom. The number of carbonyl (C=O) groups excluding carboxylic acids is 1. The summed E-state index contributed by atoms with van der Waals surface area (Å²) in [6, 6.07) is 23.1. The van der Waals surface area contributed by atoms with Crippen molar-refractivity contribution >= 4 is 28.9 Å². The number of amides is 1. The van der Waals surface area contributed by atoms with Crippen LogP contribution in [-0.4, -0.2) is 28.1 Å². The van der Waals surface area contributed by atoms with Gasteiger partial charge in [-0.05, 0) is 48.9 Å². The number of carbonyl (C=O) groups is 2. The zero-order chi connectivity index (χ0) is 22.2. The maximum Gasteiger partial charge on any atom is 0.335 e. The second-order valence-corrected chi connectivity index (χ2v) is 8.47. The van der Waals surface area contributed by atoms with Crippen LogP contribution in [0, 0.1) is 6.92 Å². The Labute approximate surface area is 184 Å². The summed E-state index contributed by atoms with van der Waals surface area (Å²) in [5, 5.41) is 11.8. The molecule has 160 valence electrons. The number of benzene rings is 3. The molecule has 0 bridgehead atoms. The number of hydrogen-bond acceptors (Lipinski definition) is 4. The van der Waals surface area contributed by atoms with E-state index in [2.05, 4.69) is 10.0 Å². The Hall–Kier alpha value is -3.13. The Balaban J connectivity index is 1.65. The first-order valence-corrected chi connectivity index (χ1v) is 11.0. The first kappa shape index (κ1) is 22.6. The zero-order valence-electron chi connectivity index (χ0n) is 17.1. The lowest BCUT2D eigenvalue weighted by Gasteiger charge is -2.19. The molecule has 0 aromatic heterocycles. The molecule has 0 radical (unpaired) electrons. The predicted octanol–water partition coefficient (Wildman–Crippen LogP) is 4.12. The van der Waals surface area contributed by atoms with Crippen LogP contribution in [-0.2, 0) is 16.2 Å². The van der Waals surface area contributed by atoms with E-state index in [1.165, 1.54) is 12.1 Å². The molecule has 31 heavy (non-hydrogen) atoms. The molecule has 2 atom stereocenters. The number of rotatable bonds is 9. The van der Waals surface area contributed by atoms with E-state index in [0.29, 0.717) is 17.1 Å². The van der Waals surface area contributed by atoms with Crippen molar-refractivity contribution < 1.29 is 19.2 Å². The molecular weight excluding hydrogens is 412 g/mol. The summed E-state index contributed by atoms with van der Waals surface area (Å²) in [4.78, 5) is 24.3. The number of hydrogen-bond donors (Lipinski definition) is 3. The molecule has 2 unspecified atom stereocenters. The van der Waals surface area contributed by atoms with Gasteiger partial charge in [0.15, 0.2) is 4.90 Å². The van der Waals surface area contributed by atoms with Crippen LogP contribution in [0.3, 0.4) is 0 Å². The molecular formula is C24H24N2O4S. The maximum atomic E-state index is 12.6. The van der Waals surface area contributed by atoms with Crippen LogP contribution in [0.4, 0.5) is 5.69 Å². The van der Waals surface area contributed by atoms with E-state index in [0.717, 1.165) is 11.1 Å². The van der Waals surface area contributed by atoms with Gasteiger partial charge >= 0.3 is 5.97 Å². The standard InChI is InChI=1S/C24H24N2O4S/c1-17-7-13-22(14-8-17)31(30)25-16-20(18-5-3-2-4-6-18)15-23(27)26-21-11-9-19(10-12-21)24(28)29/h2-14,20,25H,15-16H2,1H3,(H,26,27)(H,28,29). The minimum atomic E-state index is -1.38. The Morgan fingerprint density at radius 2 is 1.61 bits per heavy atom. The minimum absolute atomic E-state index is 0.156. The molecule has 0 saturated heterocycles. The third-order valence-corrected chi connectivity index (χ3v) is 5.94. The van der Waals surface area contributed by atoms with E-state index in [-0.39, 0.29) is 23.8 Å². The highest BCUT2D eigenvalue weighted by Gasteiger charge is 2.20. The van der Waals surface area contributed by atoms with Crippen molar-refractivity contribution in [3.63, 3.8) is 0 Å². The molecule has 0 fully saturated rings. The number of aromatic carboxylic acids is 1. The van der Waals surface area contributed by atoms with Crippen LogP contribution in [0.1, 0.15) is 33.8 Å². The summed E-state index contributed by atoms with van der Waals surface area (Å²) in [5.74, 6) is -1.41. The molecule has 0 spiro atoms. The van der Waals surface area contributed by atoms with Crippen LogP contribution >= 0.6 is 0 Å². The zero-order valence-corrected chi connectivity index (χ0v) is 17.9. The van der Waals surface area contributed by atoms with Gasteiger partial charge in [-0.2, -0.15) is 0 Å². The van der Waals surface area contributed by atoms with Gasteiger partial charge in [0.25, 0.3) is 0 Å². The Bertz CT molecular complexity index is 1010. The molecule has 3 rings (SSSR count). The monoisotopic (exact) mass is 436 g/mol. The van der Waals surface area contributed by atoms with E-state index in [1.807, 2.05) is 61.5 Å². The molecule has 3 N–H and O–H groups in total. The average molecular weight is 437 g/mol. The topological polar surface area (TPSA) is 101 Å². The highest BCUT2D eigenvalue weighted by Crippen LogP contribution is 2.21. The van der Waals surface area contributed by atoms with Crippen LogP contribution in [0.2, 0.25) is 0 Å². The predicted molar refractivity (Wildman–Crippen MR) is 121 cm³/mol. The summed E-state index contributed by atoms with van der Waals surface area (Å²) >= 11 is -1.38. The summed E-state index contributed by atoms with van der Waals surface area (Å²) in [6.45, 7) is 2.33. The van der Waals surface area contributed by atoms with E-state index in [1.54, 1.807) is 12.1 Å². The largest absolute Gasteiger partial charge is 0.593 e. The average Bonchev–Trinajstić information content (AvgIpc) is 2.78. The fourth-order valence-corrected chi connectivity index (χ4v) is 3.99. The van der Waals surface area contributed by atoms with E-state index >= 15 is 0 Å². The molecule has 3 aromatic carbocycles.